The van der Waals surface area contributed by atoms with Crippen molar-refractivity contribution in [2.24, 2.45) is 11.8 Å². The number of rotatable bonds is 13. The molecule has 0 aromatic carbocycles. The van der Waals surface area contributed by atoms with Gasteiger partial charge in [0, 0.05) is 12.3 Å². The van der Waals surface area contributed by atoms with Gasteiger partial charge in [-0.15, -0.1) is 0 Å². The zero-order valence-corrected chi connectivity index (χ0v) is 15.3. The van der Waals surface area contributed by atoms with Crippen LogP contribution in [-0.4, -0.2) is 28.4 Å². The van der Waals surface area contributed by atoms with Crippen molar-refractivity contribution in [3.05, 3.63) is 12.2 Å². The fraction of sp³-hybridized carbons (Fsp3) is 0.789. The van der Waals surface area contributed by atoms with Crippen molar-refractivity contribution in [1.82, 2.24) is 0 Å². The molecule has 1 saturated carbocycles. The number of allylic oxidation sites excluding steroid dienone is 2. The van der Waals surface area contributed by atoms with Crippen molar-refractivity contribution >= 4 is 23.5 Å². The molecule has 4 heteroatoms. The number of hydrogen-bond donors (Lipinski definition) is 1. The van der Waals surface area contributed by atoms with Crippen LogP contribution >= 0.6 is 11.8 Å². The van der Waals surface area contributed by atoms with Crippen LogP contribution in [0.15, 0.2) is 12.2 Å². The topological polar surface area (TPSA) is 54.4 Å². The lowest BCUT2D eigenvalue weighted by molar-refractivity contribution is -0.133. The molecule has 23 heavy (non-hydrogen) atoms. The van der Waals surface area contributed by atoms with Crippen LogP contribution in [0.5, 0.6) is 0 Å². The van der Waals surface area contributed by atoms with Crippen molar-refractivity contribution in [1.29, 1.82) is 0 Å². The van der Waals surface area contributed by atoms with E-state index in [2.05, 4.69) is 19.1 Å². The first-order valence-electron chi connectivity index (χ1n) is 9.14. The second kappa shape index (κ2) is 12.6. The molecule has 0 amide bonds. The van der Waals surface area contributed by atoms with Crippen LogP contribution in [0.1, 0.15) is 71.1 Å². The van der Waals surface area contributed by atoms with Crippen molar-refractivity contribution in [2.45, 2.75) is 71.1 Å². The first-order chi connectivity index (χ1) is 11.1. The number of hydrogen-bond acceptors (Lipinski definition) is 3. The van der Waals surface area contributed by atoms with Gasteiger partial charge in [0.25, 0.3) is 0 Å². The average Bonchev–Trinajstić information content (AvgIpc) is 2.86. The molecular formula is C19H32O3S. The first kappa shape index (κ1) is 20.3. The summed E-state index contributed by atoms with van der Waals surface area (Å²) in [5.41, 5.74) is 0. The van der Waals surface area contributed by atoms with Crippen LogP contribution in [-0.2, 0) is 9.59 Å². The van der Waals surface area contributed by atoms with Gasteiger partial charge >= 0.3 is 5.97 Å². The van der Waals surface area contributed by atoms with Crippen LogP contribution in [0.3, 0.4) is 0 Å². The third-order valence-electron chi connectivity index (χ3n) is 4.54. The molecule has 132 valence electrons. The van der Waals surface area contributed by atoms with Gasteiger partial charge in [0.1, 0.15) is 5.78 Å². The monoisotopic (exact) mass is 340 g/mol. The lowest BCUT2D eigenvalue weighted by atomic mass is 9.90. The summed E-state index contributed by atoms with van der Waals surface area (Å²) in [7, 11) is 0. The Morgan fingerprint density at radius 1 is 1.26 bits per heavy atom. The molecule has 0 unspecified atom stereocenters. The highest BCUT2D eigenvalue weighted by Gasteiger charge is 2.31. The molecule has 0 spiro atoms. The summed E-state index contributed by atoms with van der Waals surface area (Å²) >= 11 is 1.47. The van der Waals surface area contributed by atoms with Gasteiger partial charge in [-0.25, -0.2) is 0 Å². The number of aliphatic carboxylic acids is 1. The minimum absolute atomic E-state index is 0.186. The summed E-state index contributed by atoms with van der Waals surface area (Å²) in [6.45, 7) is 2.23. The van der Waals surface area contributed by atoms with Gasteiger partial charge in [-0.2, -0.15) is 11.8 Å². The Hall–Kier alpha value is -0.770. The molecule has 0 radical (unpaired) electrons. The third-order valence-corrected chi connectivity index (χ3v) is 5.57. The molecule has 1 N–H and O–H groups in total. The first-order valence-corrected chi connectivity index (χ1v) is 10.3. The molecular weight excluding hydrogens is 308 g/mol. The van der Waals surface area contributed by atoms with Crippen molar-refractivity contribution in [3.63, 3.8) is 0 Å². The Balaban J connectivity index is 2.19. The molecule has 1 aliphatic carbocycles. The summed E-state index contributed by atoms with van der Waals surface area (Å²) in [6, 6.07) is 0. The number of carboxylic acids is 1. The summed E-state index contributed by atoms with van der Waals surface area (Å²) in [5, 5.41) is 8.59. The van der Waals surface area contributed by atoms with Gasteiger partial charge < -0.3 is 5.11 Å². The predicted molar refractivity (Wildman–Crippen MR) is 97.9 cm³/mol. The fourth-order valence-corrected chi connectivity index (χ4v) is 3.95. The molecule has 1 fully saturated rings. The Labute approximate surface area is 145 Å². The highest BCUT2D eigenvalue weighted by molar-refractivity contribution is 7.99. The Kier molecular flexibility index (Phi) is 11.1. The molecule has 3 nitrogen and oxygen atoms in total. The lowest BCUT2D eigenvalue weighted by Gasteiger charge is -2.14. The van der Waals surface area contributed by atoms with Crippen LogP contribution in [0.25, 0.3) is 0 Å². The van der Waals surface area contributed by atoms with E-state index in [1.807, 2.05) is 0 Å². The molecule has 2 atom stereocenters. The standard InChI is InChI=1S/C19H32O3S/c1-2-3-4-5-6-7-10-16-12-13-18(20)17(16)11-8-9-14-23-15-19(21)22/h7,10,16-17H,2-6,8-9,11-15H2,1H3,(H,21,22)/t16-,17+/m0/s1. The molecule has 0 heterocycles. The van der Waals surface area contributed by atoms with E-state index >= 15 is 0 Å². The highest BCUT2D eigenvalue weighted by atomic mass is 32.2. The smallest absolute Gasteiger partial charge is 0.313 e. The summed E-state index contributed by atoms with van der Waals surface area (Å²) in [6.07, 6.45) is 15.6. The Morgan fingerprint density at radius 2 is 2.09 bits per heavy atom. The number of ketones is 1. The van der Waals surface area contributed by atoms with Crippen molar-refractivity contribution in [3.8, 4) is 0 Å². The van der Waals surface area contributed by atoms with E-state index in [0.717, 1.165) is 44.3 Å². The number of Topliss-reactive ketones (excluding diaryl/α,β-unsaturated/α-hetero) is 1. The second-order valence-electron chi connectivity index (χ2n) is 6.49. The van der Waals surface area contributed by atoms with E-state index in [0.29, 0.717) is 11.7 Å². The normalized spacial score (nSPS) is 21.3. The molecule has 0 saturated heterocycles. The molecule has 0 aromatic heterocycles. The SMILES string of the molecule is CCCCCCC=C[C@H]1CCC(=O)[C@@H]1CCCCSCC(=O)O. The predicted octanol–water partition coefficient (Wildman–Crippen LogP) is 5.10. The van der Waals surface area contributed by atoms with Crippen LogP contribution < -0.4 is 0 Å². The maximum atomic E-state index is 12.1. The number of carboxylic acid groups (broad SMARTS) is 1. The van der Waals surface area contributed by atoms with Gasteiger partial charge in [0.05, 0.1) is 5.75 Å². The zero-order chi connectivity index (χ0) is 16.9. The molecule has 1 rings (SSSR count). The summed E-state index contributed by atoms with van der Waals surface area (Å²) < 4.78 is 0. The molecule has 0 aromatic rings. The summed E-state index contributed by atoms with van der Waals surface area (Å²) in [5.74, 6) is 1.41. The van der Waals surface area contributed by atoms with Gasteiger partial charge in [-0.3, -0.25) is 9.59 Å². The fourth-order valence-electron chi connectivity index (χ4n) is 3.23. The van der Waals surface area contributed by atoms with Gasteiger partial charge in [0.15, 0.2) is 0 Å². The third kappa shape index (κ3) is 9.19. The number of unbranched alkanes of at least 4 members (excludes halogenated alkanes) is 5. The van der Waals surface area contributed by atoms with Gasteiger partial charge in [0.2, 0.25) is 0 Å². The van der Waals surface area contributed by atoms with Crippen LogP contribution in [0.4, 0.5) is 0 Å². The quantitative estimate of drug-likeness (QED) is 0.374. The number of carbonyl (C=O) groups excluding carboxylic acids is 1. The van der Waals surface area contributed by atoms with E-state index in [4.69, 9.17) is 5.11 Å². The minimum Gasteiger partial charge on any atom is -0.481 e. The largest absolute Gasteiger partial charge is 0.481 e. The maximum absolute atomic E-state index is 12.1. The zero-order valence-electron chi connectivity index (χ0n) is 14.5. The second-order valence-corrected chi connectivity index (χ2v) is 7.60. The lowest BCUT2D eigenvalue weighted by Crippen LogP contribution is -2.13. The maximum Gasteiger partial charge on any atom is 0.313 e. The van der Waals surface area contributed by atoms with Gasteiger partial charge in [-0.05, 0) is 43.8 Å². The Bertz CT molecular complexity index is 379. The van der Waals surface area contributed by atoms with Crippen LogP contribution in [0, 0.1) is 11.8 Å². The highest BCUT2D eigenvalue weighted by Crippen LogP contribution is 2.33. The summed E-state index contributed by atoms with van der Waals surface area (Å²) in [4.78, 5) is 22.5. The van der Waals surface area contributed by atoms with E-state index in [-0.39, 0.29) is 11.7 Å². The van der Waals surface area contributed by atoms with E-state index in [1.165, 1.54) is 37.4 Å². The van der Waals surface area contributed by atoms with Crippen molar-refractivity contribution in [2.75, 3.05) is 11.5 Å². The molecule has 0 aliphatic heterocycles. The Morgan fingerprint density at radius 3 is 2.83 bits per heavy atom. The van der Waals surface area contributed by atoms with E-state index in [9.17, 15) is 9.59 Å². The average molecular weight is 341 g/mol. The van der Waals surface area contributed by atoms with Crippen molar-refractivity contribution < 1.29 is 14.7 Å². The molecule has 1 aliphatic rings. The minimum atomic E-state index is -0.745. The molecule has 0 bridgehead atoms. The van der Waals surface area contributed by atoms with E-state index < -0.39 is 5.97 Å². The van der Waals surface area contributed by atoms with Crippen LogP contribution in [0.2, 0.25) is 0 Å². The number of carbonyl (C=O) groups is 2. The van der Waals surface area contributed by atoms with E-state index in [1.54, 1.807) is 0 Å². The van der Waals surface area contributed by atoms with Gasteiger partial charge in [-0.1, -0.05) is 44.8 Å². The number of thioether (sulfide) groups is 1.